The van der Waals surface area contributed by atoms with E-state index in [4.69, 9.17) is 5.73 Å². The zero-order valence-corrected chi connectivity index (χ0v) is 17.3. The molecule has 11 heteroatoms. The number of hydrogen-bond donors (Lipinski definition) is 4. The number of aromatic nitrogens is 2. The fourth-order valence-electron chi connectivity index (χ4n) is 3.49. The highest BCUT2D eigenvalue weighted by molar-refractivity contribution is 8.01. The maximum absolute atomic E-state index is 13.1. The Labute approximate surface area is 172 Å². The summed E-state index contributed by atoms with van der Waals surface area (Å²) in [6, 6.07) is -2.31. The molecule has 0 radical (unpaired) electrons. The highest BCUT2D eigenvalue weighted by atomic mass is 32.2. The van der Waals surface area contributed by atoms with Gasteiger partial charge in [-0.25, -0.2) is 4.98 Å². The molecule has 1 aromatic heterocycles. The van der Waals surface area contributed by atoms with Crippen molar-refractivity contribution in [3.63, 3.8) is 0 Å². The summed E-state index contributed by atoms with van der Waals surface area (Å²) in [6.45, 7) is 4.00. The van der Waals surface area contributed by atoms with Gasteiger partial charge in [-0.2, -0.15) is 0 Å². The number of hydrogen-bond acceptors (Lipinski definition) is 6. The van der Waals surface area contributed by atoms with E-state index in [1.54, 1.807) is 20.0 Å². The van der Waals surface area contributed by atoms with Crippen molar-refractivity contribution in [2.45, 2.75) is 56.0 Å². The number of imidazole rings is 1. The van der Waals surface area contributed by atoms with Crippen LogP contribution in [0.3, 0.4) is 0 Å². The van der Waals surface area contributed by atoms with Crippen LogP contribution in [-0.4, -0.2) is 73.7 Å². The second-order valence-electron chi connectivity index (χ2n) is 7.78. The lowest BCUT2D eigenvalue weighted by atomic mass is 10.1. The van der Waals surface area contributed by atoms with Gasteiger partial charge in [-0.05, 0) is 26.7 Å². The van der Waals surface area contributed by atoms with Crippen molar-refractivity contribution in [1.82, 2.24) is 25.5 Å². The Morgan fingerprint density at radius 1 is 1.45 bits per heavy atom. The van der Waals surface area contributed by atoms with E-state index in [0.717, 1.165) is 0 Å². The van der Waals surface area contributed by atoms with E-state index in [0.29, 0.717) is 30.8 Å². The Hall–Kier alpha value is -2.56. The lowest BCUT2D eigenvalue weighted by Gasteiger charge is -2.34. The van der Waals surface area contributed by atoms with E-state index >= 15 is 0 Å². The van der Waals surface area contributed by atoms with Gasteiger partial charge in [0.1, 0.15) is 18.1 Å². The van der Waals surface area contributed by atoms with Crippen LogP contribution in [0.4, 0.5) is 0 Å². The fraction of sp³-hybridized carbons (Fsp3) is 0.611. The van der Waals surface area contributed by atoms with Gasteiger partial charge in [0.25, 0.3) is 0 Å². The van der Waals surface area contributed by atoms with Gasteiger partial charge in [-0.3, -0.25) is 19.2 Å². The first-order chi connectivity index (χ1) is 13.7. The van der Waals surface area contributed by atoms with Crippen LogP contribution < -0.4 is 16.4 Å². The molecule has 29 heavy (non-hydrogen) atoms. The number of rotatable bonds is 6. The van der Waals surface area contributed by atoms with Crippen molar-refractivity contribution in [3.05, 3.63) is 18.2 Å². The van der Waals surface area contributed by atoms with Gasteiger partial charge in [-0.1, -0.05) is 0 Å². The molecule has 0 aliphatic carbocycles. The average molecular weight is 423 g/mol. The summed E-state index contributed by atoms with van der Waals surface area (Å²) < 4.78 is -0.605. The normalized spacial score (nSPS) is 24.6. The fourth-order valence-corrected chi connectivity index (χ4v) is 4.50. The lowest BCUT2D eigenvalue weighted by Crippen LogP contribution is -2.60. The quantitative estimate of drug-likeness (QED) is 0.458. The molecule has 2 aliphatic heterocycles. The number of nitrogens with zero attached hydrogens (tertiary/aromatic N) is 2. The van der Waals surface area contributed by atoms with Crippen molar-refractivity contribution in [1.29, 1.82) is 0 Å². The zero-order valence-electron chi connectivity index (χ0n) is 16.4. The summed E-state index contributed by atoms with van der Waals surface area (Å²) in [5.74, 6) is -1.18. The molecule has 4 amide bonds. The van der Waals surface area contributed by atoms with Gasteiger partial charge in [0.15, 0.2) is 0 Å². The van der Waals surface area contributed by atoms with Gasteiger partial charge in [-0.15, -0.1) is 11.8 Å². The van der Waals surface area contributed by atoms with Crippen LogP contribution >= 0.6 is 11.8 Å². The minimum Gasteiger partial charge on any atom is -0.368 e. The van der Waals surface area contributed by atoms with Gasteiger partial charge < -0.3 is 26.3 Å². The van der Waals surface area contributed by atoms with Gasteiger partial charge >= 0.3 is 0 Å². The van der Waals surface area contributed by atoms with Gasteiger partial charge in [0.2, 0.25) is 23.6 Å². The second kappa shape index (κ2) is 8.44. The Morgan fingerprint density at radius 2 is 2.21 bits per heavy atom. The third-order valence-corrected chi connectivity index (χ3v) is 6.64. The summed E-state index contributed by atoms with van der Waals surface area (Å²) in [5, 5.41) is 5.47. The first kappa shape index (κ1) is 21.2. The number of nitrogens with one attached hydrogen (secondary N) is 3. The van der Waals surface area contributed by atoms with Crippen LogP contribution in [0.2, 0.25) is 0 Å². The van der Waals surface area contributed by atoms with Crippen LogP contribution in [-0.2, 0) is 25.6 Å². The SMILES string of the molecule is CC1(C)SCC(C(=O)N[C@@H](Cc2cnc[nH]2)C(=O)N2CCC[C@H]2C(N)=O)NC1=O. The number of likely N-dealkylation sites (tertiary alicyclic amines) is 1. The number of carbonyl (C=O) groups excluding carboxylic acids is 4. The molecular formula is C18H26N6O4S. The summed E-state index contributed by atoms with van der Waals surface area (Å²) in [5.41, 5.74) is 6.10. The summed E-state index contributed by atoms with van der Waals surface area (Å²) in [4.78, 5) is 58.1. The standard InChI is InChI=1S/C18H26N6O4S/c1-18(2)17(28)23-12(8-29-18)15(26)22-11(6-10-7-20-9-21-10)16(27)24-5-3-4-13(24)14(19)25/h7,9,11-13H,3-6,8H2,1-2H3,(H2,19,25)(H,20,21)(H,22,26)(H,23,28)/t11-,12?,13-/m0/s1. The molecule has 0 aromatic carbocycles. The van der Waals surface area contributed by atoms with Gasteiger partial charge in [0, 0.05) is 30.6 Å². The maximum Gasteiger partial charge on any atom is 0.246 e. The number of amides is 4. The highest BCUT2D eigenvalue weighted by Crippen LogP contribution is 2.29. The predicted molar refractivity (Wildman–Crippen MR) is 107 cm³/mol. The largest absolute Gasteiger partial charge is 0.368 e. The maximum atomic E-state index is 13.1. The van der Waals surface area contributed by atoms with E-state index in [9.17, 15) is 19.2 Å². The summed E-state index contributed by atoms with van der Waals surface area (Å²) in [6.07, 6.45) is 4.43. The van der Waals surface area contributed by atoms with Crippen molar-refractivity contribution < 1.29 is 19.2 Å². The topological polar surface area (TPSA) is 150 Å². The lowest BCUT2D eigenvalue weighted by molar-refractivity contribution is -0.141. The molecule has 5 N–H and O–H groups in total. The molecule has 3 rings (SSSR count). The van der Waals surface area contributed by atoms with Crippen LogP contribution in [0.25, 0.3) is 0 Å². The number of primary amides is 1. The Kier molecular flexibility index (Phi) is 6.15. The molecule has 2 aliphatic rings. The van der Waals surface area contributed by atoms with Crippen LogP contribution in [0, 0.1) is 0 Å². The number of aromatic amines is 1. The summed E-state index contributed by atoms with van der Waals surface area (Å²) >= 11 is 1.39. The van der Waals surface area contributed by atoms with Crippen molar-refractivity contribution >= 4 is 35.4 Å². The van der Waals surface area contributed by atoms with E-state index < -0.39 is 34.7 Å². The third kappa shape index (κ3) is 4.72. The molecule has 3 atom stereocenters. The number of H-pyrrole nitrogens is 1. The van der Waals surface area contributed by atoms with E-state index in [-0.39, 0.29) is 18.2 Å². The Morgan fingerprint density at radius 3 is 2.83 bits per heavy atom. The first-order valence-corrected chi connectivity index (χ1v) is 10.5. The minimum absolute atomic E-state index is 0.186. The van der Waals surface area contributed by atoms with Crippen LogP contribution in [0.5, 0.6) is 0 Å². The molecular weight excluding hydrogens is 396 g/mol. The molecule has 2 fully saturated rings. The monoisotopic (exact) mass is 422 g/mol. The van der Waals surface area contributed by atoms with Crippen LogP contribution in [0.1, 0.15) is 32.4 Å². The Bertz CT molecular complexity index is 796. The van der Waals surface area contributed by atoms with Crippen molar-refractivity contribution in [2.75, 3.05) is 12.3 Å². The predicted octanol–water partition coefficient (Wildman–Crippen LogP) is -1.08. The van der Waals surface area contributed by atoms with Crippen molar-refractivity contribution in [3.8, 4) is 0 Å². The summed E-state index contributed by atoms with van der Waals surface area (Å²) in [7, 11) is 0. The molecule has 0 bridgehead atoms. The first-order valence-electron chi connectivity index (χ1n) is 9.51. The number of carbonyl (C=O) groups is 4. The molecule has 1 unspecified atom stereocenters. The highest BCUT2D eigenvalue weighted by Gasteiger charge is 2.40. The van der Waals surface area contributed by atoms with Gasteiger partial charge in [0.05, 0.1) is 11.1 Å². The zero-order chi connectivity index (χ0) is 21.2. The average Bonchev–Trinajstić information content (AvgIpc) is 3.34. The Balaban J connectivity index is 1.73. The number of thioether (sulfide) groups is 1. The van der Waals surface area contributed by atoms with Crippen molar-refractivity contribution in [2.24, 2.45) is 5.73 Å². The molecule has 0 saturated carbocycles. The molecule has 2 saturated heterocycles. The van der Waals surface area contributed by atoms with E-state index in [2.05, 4.69) is 20.6 Å². The second-order valence-corrected chi connectivity index (χ2v) is 9.42. The third-order valence-electron chi connectivity index (χ3n) is 5.24. The van der Waals surface area contributed by atoms with E-state index in [1.807, 2.05) is 0 Å². The molecule has 0 spiro atoms. The minimum atomic E-state index is -0.903. The van der Waals surface area contributed by atoms with E-state index in [1.165, 1.54) is 23.0 Å². The molecule has 10 nitrogen and oxygen atoms in total. The smallest absolute Gasteiger partial charge is 0.246 e. The molecule has 158 valence electrons. The van der Waals surface area contributed by atoms with Crippen LogP contribution in [0.15, 0.2) is 12.5 Å². The molecule has 3 heterocycles. The number of nitrogens with two attached hydrogens (primary N) is 1. The molecule has 1 aromatic rings.